The normalized spacial score (nSPS) is 16.6. The number of nitrogens with zero attached hydrogens (tertiary/aromatic N) is 3. The van der Waals surface area contributed by atoms with E-state index in [-0.39, 0.29) is 5.92 Å². The summed E-state index contributed by atoms with van der Waals surface area (Å²) in [5, 5.41) is 12.4. The van der Waals surface area contributed by atoms with E-state index in [1.807, 2.05) is 73.1 Å². The molecule has 1 atom stereocenters. The van der Waals surface area contributed by atoms with E-state index in [1.165, 1.54) is 5.56 Å². The van der Waals surface area contributed by atoms with Gasteiger partial charge in [0, 0.05) is 43.5 Å². The van der Waals surface area contributed by atoms with E-state index in [1.54, 1.807) is 0 Å². The Kier molecular flexibility index (Phi) is 7.78. The third-order valence-corrected chi connectivity index (χ3v) is 8.11. The van der Waals surface area contributed by atoms with Crippen molar-refractivity contribution in [3.63, 3.8) is 0 Å². The smallest absolute Gasteiger partial charge is 0.139 e. The molecule has 1 saturated heterocycles. The van der Waals surface area contributed by atoms with Crippen molar-refractivity contribution in [1.29, 1.82) is 0 Å². The number of likely N-dealkylation sites (tertiary alicyclic amines) is 1. The predicted molar refractivity (Wildman–Crippen MR) is 147 cm³/mol. The molecule has 0 spiro atoms. The molecule has 36 heavy (non-hydrogen) atoms. The number of rotatable bonds is 8. The Labute approximate surface area is 223 Å². The molecule has 0 aliphatic carbocycles. The summed E-state index contributed by atoms with van der Waals surface area (Å²) in [5.74, 6) is 1.21. The first-order valence-electron chi connectivity index (χ1n) is 12.5. The van der Waals surface area contributed by atoms with Gasteiger partial charge in [-0.05, 0) is 49.1 Å². The molecule has 3 aromatic carbocycles. The average Bonchev–Trinajstić information content (AvgIpc) is 3.38. The molecule has 5 rings (SSSR count). The minimum atomic E-state index is -0.734. The van der Waals surface area contributed by atoms with Crippen molar-refractivity contribution in [3.05, 3.63) is 112 Å². The number of benzene rings is 3. The number of aliphatic hydroxyl groups is 1. The highest BCUT2D eigenvalue weighted by Gasteiger charge is 2.33. The molecule has 0 saturated carbocycles. The molecule has 1 fully saturated rings. The Morgan fingerprint density at radius 2 is 1.58 bits per heavy atom. The first-order valence-corrected chi connectivity index (χ1v) is 13.3. The highest BCUT2D eigenvalue weighted by atomic mass is 35.5. The number of halogens is 2. The lowest BCUT2D eigenvalue weighted by Gasteiger charge is -2.39. The van der Waals surface area contributed by atoms with Crippen molar-refractivity contribution in [2.24, 2.45) is 0 Å². The molecule has 1 aliphatic heterocycles. The van der Waals surface area contributed by atoms with Gasteiger partial charge in [0.1, 0.15) is 5.82 Å². The van der Waals surface area contributed by atoms with Crippen molar-refractivity contribution >= 4 is 23.2 Å². The highest BCUT2D eigenvalue weighted by Crippen LogP contribution is 2.34. The summed E-state index contributed by atoms with van der Waals surface area (Å²) in [4.78, 5) is 7.10. The topological polar surface area (TPSA) is 41.3 Å². The lowest BCUT2D eigenvalue weighted by atomic mass is 9.84. The van der Waals surface area contributed by atoms with Crippen molar-refractivity contribution in [3.8, 4) is 11.4 Å². The van der Waals surface area contributed by atoms with Gasteiger partial charge in [0.05, 0.1) is 15.6 Å². The van der Waals surface area contributed by atoms with Crippen LogP contribution in [0.15, 0.2) is 91.3 Å². The Balaban J connectivity index is 1.30. The van der Waals surface area contributed by atoms with Crippen LogP contribution in [-0.4, -0.2) is 39.2 Å². The standard InChI is InChI=1S/C30H31Cl2N3O/c31-27-12-11-24(21-28(27)32)25(22-35-20-16-33-29(35)23-7-3-1-4-8-23)13-17-34-18-14-30(36,15-19-34)26-9-5-2-6-10-26/h1-12,16,20-21,25,36H,13-15,17-19,22H2. The summed E-state index contributed by atoms with van der Waals surface area (Å²) in [6.07, 6.45) is 6.37. The van der Waals surface area contributed by atoms with E-state index in [4.69, 9.17) is 23.2 Å². The van der Waals surface area contributed by atoms with Gasteiger partial charge in [-0.3, -0.25) is 0 Å². The van der Waals surface area contributed by atoms with Gasteiger partial charge < -0.3 is 14.6 Å². The summed E-state index contributed by atoms with van der Waals surface area (Å²) < 4.78 is 2.23. The lowest BCUT2D eigenvalue weighted by molar-refractivity contribution is -0.0263. The fourth-order valence-corrected chi connectivity index (χ4v) is 5.50. The molecule has 6 heteroatoms. The Bertz CT molecular complexity index is 1270. The molecule has 2 heterocycles. The van der Waals surface area contributed by atoms with Crippen LogP contribution >= 0.6 is 23.2 Å². The van der Waals surface area contributed by atoms with Crippen LogP contribution in [0, 0.1) is 0 Å². The number of imidazole rings is 1. The maximum Gasteiger partial charge on any atom is 0.139 e. The molecule has 4 aromatic rings. The number of piperidine rings is 1. The summed E-state index contributed by atoms with van der Waals surface area (Å²) in [6, 6.07) is 26.3. The fourth-order valence-electron chi connectivity index (χ4n) is 5.19. The van der Waals surface area contributed by atoms with Crippen LogP contribution in [0.25, 0.3) is 11.4 Å². The monoisotopic (exact) mass is 519 g/mol. The predicted octanol–water partition coefficient (Wildman–Crippen LogP) is 7.01. The molecule has 0 amide bonds. The summed E-state index contributed by atoms with van der Waals surface area (Å²) in [5.41, 5.74) is 2.57. The molecule has 0 radical (unpaired) electrons. The SMILES string of the molecule is OC1(c2ccccc2)CCN(CCC(Cn2ccnc2-c2ccccc2)c2ccc(Cl)c(Cl)c2)CC1. The van der Waals surface area contributed by atoms with Gasteiger partial charge in [0.2, 0.25) is 0 Å². The van der Waals surface area contributed by atoms with E-state index < -0.39 is 5.60 Å². The van der Waals surface area contributed by atoms with E-state index in [0.29, 0.717) is 10.0 Å². The number of aromatic nitrogens is 2. The molecule has 1 aliphatic rings. The van der Waals surface area contributed by atoms with Gasteiger partial charge in [0.15, 0.2) is 0 Å². The molecule has 0 bridgehead atoms. The van der Waals surface area contributed by atoms with Crippen molar-refractivity contribution in [1.82, 2.24) is 14.5 Å². The summed E-state index contributed by atoms with van der Waals surface area (Å²) in [6.45, 7) is 3.49. The van der Waals surface area contributed by atoms with E-state index in [2.05, 4.69) is 32.7 Å². The first kappa shape index (κ1) is 25.0. The van der Waals surface area contributed by atoms with Gasteiger partial charge in [-0.1, -0.05) is 89.9 Å². The van der Waals surface area contributed by atoms with E-state index in [0.717, 1.165) is 62.4 Å². The van der Waals surface area contributed by atoms with E-state index in [9.17, 15) is 5.11 Å². The molecular weight excluding hydrogens is 489 g/mol. The van der Waals surface area contributed by atoms with Crippen LogP contribution in [0.5, 0.6) is 0 Å². The maximum absolute atomic E-state index is 11.2. The molecular formula is C30H31Cl2N3O. The Hall–Kier alpha value is -2.63. The number of hydrogen-bond acceptors (Lipinski definition) is 3. The van der Waals surface area contributed by atoms with Gasteiger partial charge in [0.25, 0.3) is 0 Å². The van der Waals surface area contributed by atoms with Crippen LogP contribution in [0.4, 0.5) is 0 Å². The van der Waals surface area contributed by atoms with Crippen LogP contribution in [-0.2, 0) is 12.1 Å². The van der Waals surface area contributed by atoms with Gasteiger partial charge in [-0.25, -0.2) is 4.98 Å². The van der Waals surface area contributed by atoms with Crippen LogP contribution < -0.4 is 0 Å². The van der Waals surface area contributed by atoms with Gasteiger partial charge in [-0.15, -0.1) is 0 Å². The van der Waals surface area contributed by atoms with Crippen molar-refractivity contribution < 1.29 is 5.11 Å². The molecule has 1 unspecified atom stereocenters. The van der Waals surface area contributed by atoms with Crippen LogP contribution in [0.2, 0.25) is 10.0 Å². The fraction of sp³-hybridized carbons (Fsp3) is 0.300. The maximum atomic E-state index is 11.2. The highest BCUT2D eigenvalue weighted by molar-refractivity contribution is 6.42. The average molecular weight is 521 g/mol. The quantitative estimate of drug-likeness (QED) is 0.272. The molecule has 186 valence electrons. The molecule has 4 nitrogen and oxygen atoms in total. The van der Waals surface area contributed by atoms with Crippen molar-refractivity contribution in [2.45, 2.75) is 37.3 Å². The van der Waals surface area contributed by atoms with Gasteiger partial charge >= 0.3 is 0 Å². The van der Waals surface area contributed by atoms with E-state index >= 15 is 0 Å². The largest absolute Gasteiger partial charge is 0.385 e. The van der Waals surface area contributed by atoms with Crippen molar-refractivity contribution in [2.75, 3.05) is 19.6 Å². The number of hydrogen-bond donors (Lipinski definition) is 1. The minimum absolute atomic E-state index is 0.242. The molecule has 1 N–H and O–H groups in total. The first-order chi connectivity index (χ1) is 17.5. The minimum Gasteiger partial charge on any atom is -0.385 e. The zero-order valence-corrected chi connectivity index (χ0v) is 21.7. The zero-order valence-electron chi connectivity index (χ0n) is 20.2. The van der Waals surface area contributed by atoms with Crippen LogP contribution in [0.3, 0.4) is 0 Å². The third kappa shape index (κ3) is 5.68. The second kappa shape index (κ2) is 11.2. The van der Waals surface area contributed by atoms with Crippen LogP contribution in [0.1, 0.15) is 36.3 Å². The van der Waals surface area contributed by atoms with Gasteiger partial charge in [-0.2, -0.15) is 0 Å². The molecule has 1 aromatic heterocycles. The second-order valence-corrected chi connectivity index (χ2v) is 10.5. The zero-order chi connectivity index (χ0) is 25.0. The lowest BCUT2D eigenvalue weighted by Crippen LogP contribution is -2.43. The third-order valence-electron chi connectivity index (χ3n) is 7.37. The summed E-state index contributed by atoms with van der Waals surface area (Å²) >= 11 is 12.6. The second-order valence-electron chi connectivity index (χ2n) is 9.67. The summed E-state index contributed by atoms with van der Waals surface area (Å²) in [7, 11) is 0. The Morgan fingerprint density at radius 1 is 0.889 bits per heavy atom. The Morgan fingerprint density at radius 3 is 2.28 bits per heavy atom.